The van der Waals surface area contributed by atoms with Gasteiger partial charge in [0.25, 0.3) is 0 Å². The Labute approximate surface area is 95.7 Å². The van der Waals surface area contributed by atoms with E-state index in [0.717, 1.165) is 30.7 Å². The second-order valence-electron chi connectivity index (χ2n) is 4.37. The van der Waals surface area contributed by atoms with Crippen molar-refractivity contribution in [3.8, 4) is 5.75 Å². The lowest BCUT2D eigenvalue weighted by atomic mass is 9.80. The monoisotopic (exact) mass is 222 g/mol. The molecule has 2 rings (SSSR count). The molecule has 1 aromatic heterocycles. The SMILES string of the molecule is COc1ccnc(CNCC2(O)CCC2)c1. The third-order valence-electron chi connectivity index (χ3n) is 3.07. The normalized spacial score (nSPS) is 17.9. The van der Waals surface area contributed by atoms with E-state index in [2.05, 4.69) is 10.3 Å². The van der Waals surface area contributed by atoms with Gasteiger partial charge in [0, 0.05) is 25.4 Å². The average Bonchev–Trinajstić information content (AvgIpc) is 2.27. The van der Waals surface area contributed by atoms with Crippen molar-refractivity contribution < 1.29 is 9.84 Å². The maximum absolute atomic E-state index is 9.88. The summed E-state index contributed by atoms with van der Waals surface area (Å²) in [6, 6.07) is 3.72. The Bertz CT molecular complexity index is 351. The molecule has 0 atom stereocenters. The molecule has 1 fully saturated rings. The zero-order valence-corrected chi connectivity index (χ0v) is 9.57. The quantitative estimate of drug-likeness (QED) is 0.783. The van der Waals surface area contributed by atoms with Crippen molar-refractivity contribution in [2.24, 2.45) is 0 Å². The molecule has 88 valence electrons. The largest absolute Gasteiger partial charge is 0.497 e. The van der Waals surface area contributed by atoms with Gasteiger partial charge in [-0.2, -0.15) is 0 Å². The van der Waals surface area contributed by atoms with Crippen LogP contribution >= 0.6 is 0 Å². The summed E-state index contributed by atoms with van der Waals surface area (Å²) in [6.45, 7) is 1.31. The molecular formula is C12H18N2O2. The smallest absolute Gasteiger partial charge is 0.122 e. The first-order chi connectivity index (χ1) is 7.72. The van der Waals surface area contributed by atoms with Gasteiger partial charge < -0.3 is 15.2 Å². The fraction of sp³-hybridized carbons (Fsp3) is 0.583. The van der Waals surface area contributed by atoms with Gasteiger partial charge in [-0.05, 0) is 25.3 Å². The fourth-order valence-corrected chi connectivity index (χ4v) is 1.86. The highest BCUT2D eigenvalue weighted by atomic mass is 16.5. The van der Waals surface area contributed by atoms with Gasteiger partial charge in [0.05, 0.1) is 18.4 Å². The van der Waals surface area contributed by atoms with Crippen molar-refractivity contribution in [1.82, 2.24) is 10.3 Å². The number of aromatic nitrogens is 1. The lowest BCUT2D eigenvalue weighted by Gasteiger charge is -2.36. The molecule has 1 saturated carbocycles. The molecule has 16 heavy (non-hydrogen) atoms. The average molecular weight is 222 g/mol. The van der Waals surface area contributed by atoms with Crippen molar-refractivity contribution in [2.75, 3.05) is 13.7 Å². The predicted molar refractivity (Wildman–Crippen MR) is 61.3 cm³/mol. The van der Waals surface area contributed by atoms with Crippen LogP contribution in [0.5, 0.6) is 5.75 Å². The maximum atomic E-state index is 9.88. The van der Waals surface area contributed by atoms with Gasteiger partial charge in [-0.15, -0.1) is 0 Å². The van der Waals surface area contributed by atoms with Crippen LogP contribution in [0.25, 0.3) is 0 Å². The summed E-state index contributed by atoms with van der Waals surface area (Å²) < 4.78 is 5.12. The Morgan fingerprint density at radius 1 is 1.56 bits per heavy atom. The Kier molecular flexibility index (Phi) is 3.41. The van der Waals surface area contributed by atoms with Crippen molar-refractivity contribution in [3.05, 3.63) is 24.0 Å². The second kappa shape index (κ2) is 4.80. The van der Waals surface area contributed by atoms with E-state index < -0.39 is 5.60 Å². The summed E-state index contributed by atoms with van der Waals surface area (Å²) in [5.41, 5.74) is 0.459. The molecule has 0 aromatic carbocycles. The molecule has 4 heteroatoms. The first kappa shape index (κ1) is 11.4. The van der Waals surface area contributed by atoms with Gasteiger partial charge in [0.2, 0.25) is 0 Å². The fourth-order valence-electron chi connectivity index (χ4n) is 1.86. The summed E-state index contributed by atoms with van der Waals surface area (Å²) in [4.78, 5) is 4.23. The molecule has 0 amide bonds. The summed E-state index contributed by atoms with van der Waals surface area (Å²) in [6.07, 6.45) is 4.68. The molecular weight excluding hydrogens is 204 g/mol. The van der Waals surface area contributed by atoms with Crippen LogP contribution in [0.1, 0.15) is 25.0 Å². The third-order valence-corrected chi connectivity index (χ3v) is 3.07. The molecule has 1 aliphatic carbocycles. The van der Waals surface area contributed by atoms with Crippen LogP contribution in [0, 0.1) is 0 Å². The van der Waals surface area contributed by atoms with Gasteiger partial charge in [0.15, 0.2) is 0 Å². The highest BCUT2D eigenvalue weighted by molar-refractivity contribution is 5.22. The van der Waals surface area contributed by atoms with Crippen molar-refractivity contribution in [2.45, 2.75) is 31.4 Å². The van der Waals surface area contributed by atoms with Crippen LogP contribution in [0.4, 0.5) is 0 Å². The molecule has 0 radical (unpaired) electrons. The summed E-state index contributed by atoms with van der Waals surface area (Å²) in [5, 5.41) is 13.1. The Hall–Kier alpha value is -1.13. The van der Waals surface area contributed by atoms with Gasteiger partial charge in [-0.3, -0.25) is 4.98 Å². The minimum absolute atomic E-state index is 0.473. The van der Waals surface area contributed by atoms with Gasteiger partial charge >= 0.3 is 0 Å². The Morgan fingerprint density at radius 2 is 2.38 bits per heavy atom. The van der Waals surface area contributed by atoms with Gasteiger partial charge in [-0.25, -0.2) is 0 Å². The van der Waals surface area contributed by atoms with E-state index >= 15 is 0 Å². The van der Waals surface area contributed by atoms with Crippen LogP contribution in [0.3, 0.4) is 0 Å². The van der Waals surface area contributed by atoms with E-state index in [9.17, 15) is 5.11 Å². The number of aliphatic hydroxyl groups is 1. The van der Waals surface area contributed by atoms with Crippen LogP contribution in [0.2, 0.25) is 0 Å². The predicted octanol–water partition coefficient (Wildman–Crippen LogP) is 1.09. The lowest BCUT2D eigenvalue weighted by Crippen LogP contribution is -2.46. The van der Waals surface area contributed by atoms with E-state index in [1.807, 2.05) is 12.1 Å². The summed E-state index contributed by atoms with van der Waals surface area (Å²) >= 11 is 0. The van der Waals surface area contributed by atoms with Gasteiger partial charge in [-0.1, -0.05) is 0 Å². The summed E-state index contributed by atoms with van der Waals surface area (Å²) in [5.74, 6) is 0.814. The minimum atomic E-state index is -0.473. The van der Waals surface area contributed by atoms with Crippen molar-refractivity contribution >= 4 is 0 Å². The highest BCUT2D eigenvalue weighted by Crippen LogP contribution is 2.30. The number of ether oxygens (including phenoxy) is 1. The van der Waals surface area contributed by atoms with Gasteiger partial charge in [0.1, 0.15) is 5.75 Å². The maximum Gasteiger partial charge on any atom is 0.122 e. The minimum Gasteiger partial charge on any atom is -0.497 e. The van der Waals surface area contributed by atoms with E-state index in [4.69, 9.17) is 4.74 Å². The molecule has 0 saturated heterocycles. The number of hydrogen-bond donors (Lipinski definition) is 2. The molecule has 1 heterocycles. The molecule has 2 N–H and O–H groups in total. The van der Waals surface area contributed by atoms with Crippen LogP contribution in [0.15, 0.2) is 18.3 Å². The lowest BCUT2D eigenvalue weighted by molar-refractivity contribution is -0.0315. The van der Waals surface area contributed by atoms with Crippen LogP contribution < -0.4 is 10.1 Å². The highest BCUT2D eigenvalue weighted by Gasteiger charge is 2.33. The molecule has 0 spiro atoms. The molecule has 1 aliphatic rings. The first-order valence-corrected chi connectivity index (χ1v) is 5.64. The Balaban J connectivity index is 1.80. The molecule has 0 aliphatic heterocycles. The first-order valence-electron chi connectivity index (χ1n) is 5.64. The number of nitrogens with one attached hydrogen (secondary N) is 1. The van der Waals surface area contributed by atoms with Crippen LogP contribution in [-0.4, -0.2) is 29.3 Å². The van der Waals surface area contributed by atoms with E-state index in [1.54, 1.807) is 13.3 Å². The molecule has 1 aromatic rings. The third kappa shape index (κ3) is 2.71. The number of rotatable bonds is 5. The van der Waals surface area contributed by atoms with Crippen LogP contribution in [-0.2, 0) is 6.54 Å². The zero-order chi connectivity index (χ0) is 11.4. The van der Waals surface area contributed by atoms with Crippen molar-refractivity contribution in [3.63, 3.8) is 0 Å². The molecule has 0 unspecified atom stereocenters. The Morgan fingerprint density at radius 3 is 3.00 bits per heavy atom. The summed E-state index contributed by atoms with van der Waals surface area (Å²) in [7, 11) is 1.64. The second-order valence-corrected chi connectivity index (χ2v) is 4.37. The zero-order valence-electron chi connectivity index (χ0n) is 9.57. The van der Waals surface area contributed by atoms with Crippen molar-refractivity contribution in [1.29, 1.82) is 0 Å². The number of hydrogen-bond acceptors (Lipinski definition) is 4. The number of methoxy groups -OCH3 is 1. The number of pyridine rings is 1. The molecule has 0 bridgehead atoms. The van der Waals surface area contributed by atoms with E-state index in [1.165, 1.54) is 0 Å². The topological polar surface area (TPSA) is 54.4 Å². The van der Waals surface area contributed by atoms with E-state index in [0.29, 0.717) is 13.1 Å². The van der Waals surface area contributed by atoms with E-state index in [-0.39, 0.29) is 0 Å². The molecule has 4 nitrogen and oxygen atoms in total. The number of nitrogens with zero attached hydrogens (tertiary/aromatic N) is 1. The standard InChI is InChI=1S/C12H18N2O2/c1-16-11-3-6-14-10(7-11)8-13-9-12(15)4-2-5-12/h3,6-7,13,15H,2,4-5,8-9H2,1H3.